The Kier molecular flexibility index (Phi) is 5.76. The molecular weight excluding hydrogens is 297 g/mol. The van der Waals surface area contributed by atoms with Crippen molar-refractivity contribution in [1.29, 1.82) is 0 Å². The summed E-state index contributed by atoms with van der Waals surface area (Å²) in [4.78, 5) is 0. The third kappa shape index (κ3) is 5.46. The lowest BCUT2D eigenvalue weighted by Crippen LogP contribution is -2.34. The summed E-state index contributed by atoms with van der Waals surface area (Å²) in [5.74, 6) is -0.268. The van der Waals surface area contributed by atoms with E-state index in [1.165, 1.54) is 6.07 Å². The van der Waals surface area contributed by atoms with Crippen LogP contribution < -0.4 is 5.32 Å². The number of benzene rings is 1. The number of halogens is 2. The first-order valence-corrected chi connectivity index (χ1v) is 6.99. The van der Waals surface area contributed by atoms with Gasteiger partial charge in [0.1, 0.15) is 5.82 Å². The van der Waals surface area contributed by atoms with E-state index < -0.39 is 5.60 Å². The fourth-order valence-corrected chi connectivity index (χ4v) is 2.22. The van der Waals surface area contributed by atoms with Gasteiger partial charge in [0, 0.05) is 16.9 Å². The standard InChI is InChI=1S/C14H21BrFNO/c1-10(2)17-7-6-14(3,18)9-11-8-12(15)4-5-13(11)16/h4-5,8,10,17-18H,6-7,9H2,1-3H3. The van der Waals surface area contributed by atoms with E-state index in [2.05, 4.69) is 35.1 Å². The average molecular weight is 318 g/mol. The number of nitrogens with one attached hydrogen (secondary N) is 1. The zero-order valence-electron chi connectivity index (χ0n) is 11.1. The number of aliphatic hydroxyl groups is 1. The summed E-state index contributed by atoms with van der Waals surface area (Å²) in [5.41, 5.74) is -0.359. The summed E-state index contributed by atoms with van der Waals surface area (Å²) in [5, 5.41) is 13.5. The van der Waals surface area contributed by atoms with Crippen molar-refractivity contribution in [2.75, 3.05) is 6.54 Å². The van der Waals surface area contributed by atoms with Crippen LogP contribution in [0.3, 0.4) is 0 Å². The van der Waals surface area contributed by atoms with Crippen molar-refractivity contribution < 1.29 is 9.50 Å². The molecule has 0 saturated carbocycles. The van der Waals surface area contributed by atoms with Crippen LogP contribution in [0.25, 0.3) is 0 Å². The van der Waals surface area contributed by atoms with Crippen molar-refractivity contribution in [1.82, 2.24) is 5.32 Å². The SMILES string of the molecule is CC(C)NCCC(C)(O)Cc1cc(Br)ccc1F. The van der Waals surface area contributed by atoms with Crippen molar-refractivity contribution in [3.05, 3.63) is 34.1 Å². The highest BCUT2D eigenvalue weighted by atomic mass is 79.9. The molecule has 1 aromatic carbocycles. The Morgan fingerprint density at radius 1 is 1.44 bits per heavy atom. The second-order valence-corrected chi connectivity index (χ2v) is 6.18. The Bertz CT molecular complexity index is 393. The first kappa shape index (κ1) is 15.6. The molecule has 18 heavy (non-hydrogen) atoms. The van der Waals surface area contributed by atoms with E-state index in [0.29, 0.717) is 24.4 Å². The van der Waals surface area contributed by atoms with Gasteiger partial charge in [-0.25, -0.2) is 4.39 Å². The lowest BCUT2D eigenvalue weighted by atomic mass is 9.93. The van der Waals surface area contributed by atoms with Crippen LogP contribution in [0.1, 0.15) is 32.8 Å². The summed E-state index contributed by atoms with van der Waals surface area (Å²) in [6.07, 6.45) is 0.912. The maximum atomic E-state index is 13.6. The molecule has 0 aliphatic heterocycles. The summed E-state index contributed by atoms with van der Waals surface area (Å²) in [7, 11) is 0. The van der Waals surface area contributed by atoms with Gasteiger partial charge in [0.25, 0.3) is 0 Å². The molecular formula is C14H21BrFNO. The van der Waals surface area contributed by atoms with Crippen molar-refractivity contribution >= 4 is 15.9 Å². The number of rotatable bonds is 6. The van der Waals surface area contributed by atoms with E-state index in [-0.39, 0.29) is 5.82 Å². The smallest absolute Gasteiger partial charge is 0.126 e. The second-order valence-electron chi connectivity index (χ2n) is 5.27. The monoisotopic (exact) mass is 317 g/mol. The van der Waals surface area contributed by atoms with Crippen molar-refractivity contribution in [3.8, 4) is 0 Å². The van der Waals surface area contributed by atoms with Crippen LogP contribution in [-0.2, 0) is 6.42 Å². The highest BCUT2D eigenvalue weighted by molar-refractivity contribution is 9.10. The molecule has 0 fully saturated rings. The molecule has 1 atom stereocenters. The predicted molar refractivity (Wildman–Crippen MR) is 76.2 cm³/mol. The highest BCUT2D eigenvalue weighted by Crippen LogP contribution is 2.22. The Morgan fingerprint density at radius 2 is 2.11 bits per heavy atom. The molecule has 0 aromatic heterocycles. The largest absolute Gasteiger partial charge is 0.390 e. The first-order valence-electron chi connectivity index (χ1n) is 6.20. The topological polar surface area (TPSA) is 32.3 Å². The van der Waals surface area contributed by atoms with Gasteiger partial charge in [0.15, 0.2) is 0 Å². The van der Waals surface area contributed by atoms with E-state index in [1.54, 1.807) is 19.1 Å². The number of hydrogen-bond acceptors (Lipinski definition) is 2. The predicted octanol–water partition coefficient (Wildman–Crippen LogP) is 3.27. The van der Waals surface area contributed by atoms with E-state index >= 15 is 0 Å². The summed E-state index contributed by atoms with van der Waals surface area (Å²) >= 11 is 3.31. The molecule has 0 amide bonds. The molecule has 1 unspecified atom stereocenters. The van der Waals surface area contributed by atoms with Gasteiger partial charge in [-0.05, 0) is 43.7 Å². The zero-order chi connectivity index (χ0) is 13.8. The van der Waals surface area contributed by atoms with Crippen molar-refractivity contribution in [2.24, 2.45) is 0 Å². The Hall–Kier alpha value is -0.450. The Labute approximate surface area is 117 Å². The lowest BCUT2D eigenvalue weighted by Gasteiger charge is -2.24. The molecule has 102 valence electrons. The van der Waals surface area contributed by atoms with Crippen LogP contribution in [0.5, 0.6) is 0 Å². The van der Waals surface area contributed by atoms with Crippen LogP contribution >= 0.6 is 15.9 Å². The molecule has 2 N–H and O–H groups in total. The van der Waals surface area contributed by atoms with Crippen LogP contribution in [0, 0.1) is 5.82 Å². The third-order valence-electron chi connectivity index (χ3n) is 2.80. The number of hydrogen-bond donors (Lipinski definition) is 2. The minimum atomic E-state index is -0.899. The molecule has 0 aliphatic carbocycles. The molecule has 0 heterocycles. The molecule has 2 nitrogen and oxygen atoms in total. The van der Waals surface area contributed by atoms with E-state index in [9.17, 15) is 9.50 Å². The molecule has 0 aliphatic rings. The normalized spacial score (nSPS) is 14.8. The fraction of sp³-hybridized carbons (Fsp3) is 0.571. The van der Waals surface area contributed by atoms with E-state index in [1.807, 2.05) is 0 Å². The van der Waals surface area contributed by atoms with Gasteiger partial charge in [-0.15, -0.1) is 0 Å². The molecule has 0 spiro atoms. The van der Waals surface area contributed by atoms with Gasteiger partial charge in [0.05, 0.1) is 5.60 Å². The maximum absolute atomic E-state index is 13.6. The fourth-order valence-electron chi connectivity index (χ4n) is 1.81. The van der Waals surface area contributed by atoms with Gasteiger partial charge in [-0.3, -0.25) is 0 Å². The minimum absolute atomic E-state index is 0.268. The summed E-state index contributed by atoms with van der Waals surface area (Å²) < 4.78 is 14.4. The lowest BCUT2D eigenvalue weighted by molar-refractivity contribution is 0.0502. The van der Waals surface area contributed by atoms with Crippen LogP contribution in [0.2, 0.25) is 0 Å². The van der Waals surface area contributed by atoms with E-state index in [4.69, 9.17) is 0 Å². The molecule has 0 saturated heterocycles. The van der Waals surface area contributed by atoms with Crippen molar-refractivity contribution in [2.45, 2.75) is 45.3 Å². The van der Waals surface area contributed by atoms with Gasteiger partial charge >= 0.3 is 0 Å². The second kappa shape index (κ2) is 6.64. The summed E-state index contributed by atoms with van der Waals surface area (Å²) in [6.45, 7) is 6.58. The van der Waals surface area contributed by atoms with E-state index in [0.717, 1.165) is 11.0 Å². The van der Waals surface area contributed by atoms with Gasteiger partial charge in [-0.1, -0.05) is 29.8 Å². The van der Waals surface area contributed by atoms with Gasteiger partial charge < -0.3 is 10.4 Å². The highest BCUT2D eigenvalue weighted by Gasteiger charge is 2.22. The maximum Gasteiger partial charge on any atom is 0.126 e. The third-order valence-corrected chi connectivity index (χ3v) is 3.29. The van der Waals surface area contributed by atoms with Gasteiger partial charge in [0.2, 0.25) is 0 Å². The van der Waals surface area contributed by atoms with Crippen LogP contribution in [0.4, 0.5) is 4.39 Å². The van der Waals surface area contributed by atoms with Crippen LogP contribution in [-0.4, -0.2) is 23.3 Å². The van der Waals surface area contributed by atoms with Gasteiger partial charge in [-0.2, -0.15) is 0 Å². The van der Waals surface area contributed by atoms with Crippen LogP contribution in [0.15, 0.2) is 22.7 Å². The molecule has 1 aromatic rings. The Balaban J connectivity index is 2.61. The first-order chi connectivity index (χ1) is 8.30. The average Bonchev–Trinajstić information content (AvgIpc) is 2.22. The molecule has 0 bridgehead atoms. The molecule has 0 radical (unpaired) electrons. The quantitative estimate of drug-likeness (QED) is 0.844. The summed E-state index contributed by atoms with van der Waals surface area (Å²) in [6, 6.07) is 5.19. The minimum Gasteiger partial charge on any atom is -0.390 e. The zero-order valence-corrected chi connectivity index (χ0v) is 12.7. The molecule has 1 rings (SSSR count). The Morgan fingerprint density at radius 3 is 2.72 bits per heavy atom. The molecule has 4 heteroatoms. The van der Waals surface area contributed by atoms with Crippen molar-refractivity contribution in [3.63, 3.8) is 0 Å².